The normalized spacial score (nSPS) is 18.1. The van der Waals surface area contributed by atoms with Crippen LogP contribution in [0, 0.1) is 0 Å². The molecule has 88 valence electrons. The van der Waals surface area contributed by atoms with Gasteiger partial charge in [-0.1, -0.05) is 24.4 Å². The van der Waals surface area contributed by atoms with Crippen molar-refractivity contribution in [3.05, 3.63) is 23.2 Å². The average molecular weight is 240 g/mol. The highest BCUT2D eigenvalue weighted by Crippen LogP contribution is 2.30. The van der Waals surface area contributed by atoms with Gasteiger partial charge in [0.25, 0.3) is 0 Å². The van der Waals surface area contributed by atoms with E-state index in [0.29, 0.717) is 16.8 Å². The Bertz CT molecular complexity index is 346. The SMILES string of the molecule is Nc1ccc(Cl)c(OC2CCCCCC2)c1. The summed E-state index contributed by atoms with van der Waals surface area (Å²) in [5, 5.41) is 0.651. The summed E-state index contributed by atoms with van der Waals surface area (Å²) >= 11 is 6.08. The van der Waals surface area contributed by atoms with Crippen molar-refractivity contribution in [2.24, 2.45) is 0 Å². The Labute approximate surface area is 102 Å². The molecule has 0 aliphatic heterocycles. The Hall–Kier alpha value is -0.890. The summed E-state index contributed by atoms with van der Waals surface area (Å²) in [7, 11) is 0. The van der Waals surface area contributed by atoms with Gasteiger partial charge in [-0.15, -0.1) is 0 Å². The van der Waals surface area contributed by atoms with E-state index in [-0.39, 0.29) is 0 Å². The van der Waals surface area contributed by atoms with Crippen LogP contribution in [0.5, 0.6) is 5.75 Å². The number of ether oxygens (including phenoxy) is 1. The van der Waals surface area contributed by atoms with Crippen LogP contribution in [0.1, 0.15) is 38.5 Å². The summed E-state index contributed by atoms with van der Waals surface area (Å²) < 4.78 is 5.93. The lowest BCUT2D eigenvalue weighted by Gasteiger charge is -2.18. The first-order valence-electron chi connectivity index (χ1n) is 5.97. The Morgan fingerprint density at radius 3 is 2.50 bits per heavy atom. The van der Waals surface area contributed by atoms with Crippen LogP contribution < -0.4 is 10.5 Å². The van der Waals surface area contributed by atoms with Gasteiger partial charge in [0.05, 0.1) is 11.1 Å². The smallest absolute Gasteiger partial charge is 0.140 e. The van der Waals surface area contributed by atoms with Gasteiger partial charge in [0, 0.05) is 11.8 Å². The summed E-state index contributed by atoms with van der Waals surface area (Å²) in [5.41, 5.74) is 6.43. The molecule has 1 saturated carbocycles. The molecule has 0 spiro atoms. The number of nitrogens with two attached hydrogens (primary N) is 1. The molecule has 16 heavy (non-hydrogen) atoms. The molecule has 3 heteroatoms. The molecule has 0 bridgehead atoms. The van der Waals surface area contributed by atoms with E-state index in [4.69, 9.17) is 22.1 Å². The predicted octanol–water partition coefficient (Wildman–Crippen LogP) is 4.02. The third-order valence-corrected chi connectivity index (χ3v) is 3.36. The zero-order valence-electron chi connectivity index (χ0n) is 9.42. The van der Waals surface area contributed by atoms with Gasteiger partial charge in [0.15, 0.2) is 0 Å². The first kappa shape index (κ1) is 11.6. The minimum absolute atomic E-state index is 0.307. The van der Waals surface area contributed by atoms with E-state index in [1.54, 1.807) is 12.1 Å². The molecule has 0 saturated heterocycles. The van der Waals surface area contributed by atoms with Crippen molar-refractivity contribution in [1.82, 2.24) is 0 Å². The molecule has 2 rings (SSSR count). The quantitative estimate of drug-likeness (QED) is 0.625. The zero-order valence-corrected chi connectivity index (χ0v) is 10.2. The van der Waals surface area contributed by atoms with E-state index in [0.717, 1.165) is 18.6 Å². The molecule has 0 aromatic heterocycles. The van der Waals surface area contributed by atoms with Crippen LogP contribution in [0.2, 0.25) is 5.02 Å². The lowest BCUT2D eigenvalue weighted by atomic mass is 10.1. The van der Waals surface area contributed by atoms with Gasteiger partial charge in [0.2, 0.25) is 0 Å². The second kappa shape index (κ2) is 5.44. The fourth-order valence-electron chi connectivity index (χ4n) is 2.15. The van der Waals surface area contributed by atoms with E-state index < -0.39 is 0 Å². The number of nitrogen functional groups attached to an aromatic ring is 1. The zero-order chi connectivity index (χ0) is 11.4. The molecule has 0 atom stereocenters. The van der Waals surface area contributed by atoms with Crippen LogP contribution in [0.25, 0.3) is 0 Å². The van der Waals surface area contributed by atoms with Gasteiger partial charge in [-0.3, -0.25) is 0 Å². The fraction of sp³-hybridized carbons (Fsp3) is 0.538. The first-order chi connectivity index (χ1) is 7.75. The summed E-state index contributed by atoms with van der Waals surface area (Å²) in [6, 6.07) is 5.40. The molecule has 0 heterocycles. The maximum atomic E-state index is 6.08. The van der Waals surface area contributed by atoms with Crippen molar-refractivity contribution < 1.29 is 4.74 Å². The van der Waals surface area contributed by atoms with Gasteiger partial charge >= 0.3 is 0 Å². The molecule has 0 amide bonds. The molecule has 2 N–H and O–H groups in total. The summed E-state index contributed by atoms with van der Waals surface area (Å²) in [6.07, 6.45) is 7.72. The van der Waals surface area contributed by atoms with E-state index >= 15 is 0 Å². The molecule has 1 aliphatic carbocycles. The van der Waals surface area contributed by atoms with Crippen LogP contribution >= 0.6 is 11.6 Å². The highest BCUT2D eigenvalue weighted by Gasteiger charge is 2.15. The average Bonchev–Trinajstić information content (AvgIpc) is 2.52. The molecule has 1 aliphatic rings. The summed E-state index contributed by atoms with van der Waals surface area (Å²) in [5.74, 6) is 0.730. The molecular weight excluding hydrogens is 222 g/mol. The van der Waals surface area contributed by atoms with Crippen molar-refractivity contribution in [1.29, 1.82) is 0 Å². The van der Waals surface area contributed by atoms with E-state index in [2.05, 4.69) is 0 Å². The van der Waals surface area contributed by atoms with Crippen molar-refractivity contribution in [3.63, 3.8) is 0 Å². The highest BCUT2D eigenvalue weighted by atomic mass is 35.5. The van der Waals surface area contributed by atoms with E-state index in [9.17, 15) is 0 Å². The van der Waals surface area contributed by atoms with Gasteiger partial charge < -0.3 is 10.5 Å². The topological polar surface area (TPSA) is 35.2 Å². The predicted molar refractivity (Wildman–Crippen MR) is 68.0 cm³/mol. The van der Waals surface area contributed by atoms with Gasteiger partial charge in [0.1, 0.15) is 5.75 Å². The molecule has 0 radical (unpaired) electrons. The Kier molecular flexibility index (Phi) is 3.94. The van der Waals surface area contributed by atoms with Crippen molar-refractivity contribution in [2.45, 2.75) is 44.6 Å². The van der Waals surface area contributed by atoms with Crippen molar-refractivity contribution in [3.8, 4) is 5.75 Å². The number of hydrogen-bond donors (Lipinski definition) is 1. The number of halogens is 1. The molecule has 2 nitrogen and oxygen atoms in total. The Morgan fingerprint density at radius 2 is 1.81 bits per heavy atom. The lowest BCUT2D eigenvalue weighted by Crippen LogP contribution is -2.15. The van der Waals surface area contributed by atoms with Crippen molar-refractivity contribution in [2.75, 3.05) is 5.73 Å². The minimum atomic E-state index is 0.307. The standard InChI is InChI=1S/C13H18ClNO/c14-12-8-7-10(15)9-13(12)16-11-5-3-1-2-4-6-11/h7-9,11H,1-6,15H2. The first-order valence-corrected chi connectivity index (χ1v) is 6.35. The van der Waals surface area contributed by atoms with E-state index in [1.807, 2.05) is 6.07 Å². The summed E-state index contributed by atoms with van der Waals surface area (Å²) in [6.45, 7) is 0. The molecule has 1 aromatic rings. The van der Waals surface area contributed by atoms with Crippen LogP contribution in [-0.4, -0.2) is 6.10 Å². The molecule has 1 aromatic carbocycles. The molecular formula is C13H18ClNO. The maximum Gasteiger partial charge on any atom is 0.140 e. The van der Waals surface area contributed by atoms with Crippen LogP contribution in [0.3, 0.4) is 0 Å². The number of hydrogen-bond acceptors (Lipinski definition) is 2. The molecule has 0 unspecified atom stereocenters. The number of benzene rings is 1. The van der Waals surface area contributed by atoms with E-state index in [1.165, 1.54) is 25.7 Å². The maximum absolute atomic E-state index is 6.08. The monoisotopic (exact) mass is 239 g/mol. The van der Waals surface area contributed by atoms with Gasteiger partial charge in [-0.25, -0.2) is 0 Å². The fourth-order valence-corrected chi connectivity index (χ4v) is 2.31. The second-order valence-electron chi connectivity index (χ2n) is 4.42. The largest absolute Gasteiger partial charge is 0.489 e. The minimum Gasteiger partial charge on any atom is -0.489 e. The Morgan fingerprint density at radius 1 is 1.12 bits per heavy atom. The number of anilines is 1. The van der Waals surface area contributed by atoms with Crippen LogP contribution in [0.15, 0.2) is 18.2 Å². The van der Waals surface area contributed by atoms with Crippen LogP contribution in [-0.2, 0) is 0 Å². The third kappa shape index (κ3) is 3.05. The van der Waals surface area contributed by atoms with Gasteiger partial charge in [-0.2, -0.15) is 0 Å². The third-order valence-electron chi connectivity index (χ3n) is 3.05. The molecule has 1 fully saturated rings. The second-order valence-corrected chi connectivity index (χ2v) is 4.83. The summed E-state index contributed by atoms with van der Waals surface area (Å²) in [4.78, 5) is 0. The van der Waals surface area contributed by atoms with Crippen molar-refractivity contribution >= 4 is 17.3 Å². The number of rotatable bonds is 2. The highest BCUT2D eigenvalue weighted by molar-refractivity contribution is 6.32. The van der Waals surface area contributed by atoms with Gasteiger partial charge in [-0.05, 0) is 37.8 Å². The lowest BCUT2D eigenvalue weighted by molar-refractivity contribution is 0.184. The van der Waals surface area contributed by atoms with Crippen LogP contribution in [0.4, 0.5) is 5.69 Å². The Balaban J connectivity index is 2.04.